The molecular formula is C25H27F3N2O3. The molecule has 5 nitrogen and oxygen atoms in total. The molecule has 4 aromatic rings. The van der Waals surface area contributed by atoms with Crippen molar-refractivity contribution in [3.8, 4) is 11.5 Å². The number of H-pyrrole nitrogens is 1. The summed E-state index contributed by atoms with van der Waals surface area (Å²) in [6.45, 7) is 5.14. The second-order valence-electron chi connectivity index (χ2n) is 8.27. The first-order valence-corrected chi connectivity index (χ1v) is 11.2. The van der Waals surface area contributed by atoms with Crippen LogP contribution >= 0.6 is 0 Å². The van der Waals surface area contributed by atoms with E-state index in [1.807, 2.05) is 37.4 Å². The van der Waals surface area contributed by atoms with E-state index in [0.717, 1.165) is 35.9 Å². The number of alkyl halides is 3. The molecule has 0 radical (unpaired) electrons. The van der Waals surface area contributed by atoms with Gasteiger partial charge in [-0.15, -0.1) is 0 Å². The SMILES string of the molecule is CCCc1c(OCCC(C)CCOc2cccc3[nH]ccc23)ccc2c(C(F)(F)F)noc12. The summed E-state index contributed by atoms with van der Waals surface area (Å²) < 4.78 is 56.5. The number of halogens is 3. The van der Waals surface area contributed by atoms with Crippen LogP contribution in [-0.2, 0) is 12.6 Å². The number of aryl methyl sites for hydroxylation is 1. The molecule has 0 spiro atoms. The molecule has 2 heterocycles. The Hall–Kier alpha value is -3.16. The number of rotatable bonds is 10. The molecule has 2 aromatic carbocycles. The maximum atomic E-state index is 13.2. The number of aromatic nitrogens is 2. The Bertz CT molecular complexity index is 1210. The highest BCUT2D eigenvalue weighted by molar-refractivity contribution is 5.86. The Kier molecular flexibility index (Phi) is 6.81. The van der Waals surface area contributed by atoms with Gasteiger partial charge in [-0.05, 0) is 55.5 Å². The highest BCUT2D eigenvalue weighted by atomic mass is 19.4. The molecule has 176 valence electrons. The van der Waals surface area contributed by atoms with Crippen molar-refractivity contribution >= 4 is 21.9 Å². The van der Waals surface area contributed by atoms with Gasteiger partial charge >= 0.3 is 6.18 Å². The molecule has 0 saturated heterocycles. The zero-order valence-corrected chi connectivity index (χ0v) is 18.7. The first-order valence-electron chi connectivity index (χ1n) is 11.2. The second-order valence-corrected chi connectivity index (χ2v) is 8.27. The molecule has 4 rings (SSSR count). The molecule has 0 aliphatic rings. The topological polar surface area (TPSA) is 60.3 Å². The molecule has 33 heavy (non-hydrogen) atoms. The number of aromatic amines is 1. The summed E-state index contributed by atoms with van der Waals surface area (Å²) in [6, 6.07) is 10.9. The van der Waals surface area contributed by atoms with Crippen molar-refractivity contribution in [1.82, 2.24) is 10.1 Å². The Balaban J connectivity index is 1.33. The van der Waals surface area contributed by atoms with Crippen LogP contribution < -0.4 is 9.47 Å². The minimum atomic E-state index is -4.55. The van der Waals surface area contributed by atoms with E-state index in [9.17, 15) is 13.2 Å². The van der Waals surface area contributed by atoms with Crippen LogP contribution in [0.25, 0.3) is 21.9 Å². The number of fused-ring (bicyclic) bond motifs is 2. The molecule has 2 aromatic heterocycles. The van der Waals surface area contributed by atoms with Crippen LogP contribution in [0.1, 0.15) is 44.4 Å². The standard InChI is InChI=1S/C25H27F3N2O3/c1-3-5-18-22(9-8-19-23(18)33-30-24(19)25(26,27)28)32-15-12-16(2)11-14-31-21-7-4-6-20-17(21)10-13-29-20/h4,6-10,13,16,29H,3,5,11-12,14-15H2,1-2H3. The van der Waals surface area contributed by atoms with Gasteiger partial charge in [0.25, 0.3) is 0 Å². The van der Waals surface area contributed by atoms with Crippen LogP contribution in [0, 0.1) is 5.92 Å². The third kappa shape index (κ3) is 5.10. The van der Waals surface area contributed by atoms with E-state index in [4.69, 9.17) is 14.0 Å². The highest BCUT2D eigenvalue weighted by Gasteiger charge is 2.37. The minimum absolute atomic E-state index is 0.0266. The number of nitrogens with one attached hydrogen (secondary N) is 1. The minimum Gasteiger partial charge on any atom is -0.493 e. The van der Waals surface area contributed by atoms with Crippen molar-refractivity contribution in [2.75, 3.05) is 13.2 Å². The van der Waals surface area contributed by atoms with Gasteiger partial charge in [-0.2, -0.15) is 13.2 Å². The van der Waals surface area contributed by atoms with Crippen molar-refractivity contribution in [2.24, 2.45) is 5.92 Å². The summed E-state index contributed by atoms with van der Waals surface area (Å²) in [7, 11) is 0. The number of ether oxygens (including phenoxy) is 2. The molecule has 0 amide bonds. The largest absolute Gasteiger partial charge is 0.493 e. The summed E-state index contributed by atoms with van der Waals surface area (Å²) >= 11 is 0. The van der Waals surface area contributed by atoms with Gasteiger partial charge < -0.3 is 19.0 Å². The molecule has 0 aliphatic heterocycles. The fourth-order valence-corrected chi connectivity index (χ4v) is 3.93. The average molecular weight is 460 g/mol. The molecule has 1 unspecified atom stereocenters. The van der Waals surface area contributed by atoms with E-state index >= 15 is 0 Å². The van der Waals surface area contributed by atoms with Gasteiger partial charge in [0.15, 0.2) is 11.3 Å². The molecule has 1 atom stereocenters. The third-order valence-electron chi connectivity index (χ3n) is 5.76. The van der Waals surface area contributed by atoms with Crippen molar-refractivity contribution in [2.45, 2.75) is 45.7 Å². The number of hydrogen-bond acceptors (Lipinski definition) is 4. The molecule has 8 heteroatoms. The number of nitrogens with zero attached hydrogens (tertiary/aromatic N) is 1. The molecular weight excluding hydrogens is 433 g/mol. The number of benzene rings is 2. The van der Waals surface area contributed by atoms with Crippen LogP contribution in [0.15, 0.2) is 47.1 Å². The Morgan fingerprint density at radius 1 is 1.00 bits per heavy atom. The predicted molar refractivity (Wildman–Crippen MR) is 121 cm³/mol. The van der Waals surface area contributed by atoms with Gasteiger partial charge in [-0.25, -0.2) is 0 Å². The van der Waals surface area contributed by atoms with Gasteiger partial charge in [0.2, 0.25) is 0 Å². The van der Waals surface area contributed by atoms with Crippen molar-refractivity contribution in [3.63, 3.8) is 0 Å². The van der Waals surface area contributed by atoms with Crippen molar-refractivity contribution in [1.29, 1.82) is 0 Å². The van der Waals surface area contributed by atoms with Crippen LogP contribution in [0.2, 0.25) is 0 Å². The van der Waals surface area contributed by atoms with Crippen LogP contribution in [-0.4, -0.2) is 23.4 Å². The van der Waals surface area contributed by atoms with E-state index in [2.05, 4.69) is 17.1 Å². The maximum absolute atomic E-state index is 13.2. The van der Waals surface area contributed by atoms with Crippen LogP contribution in [0.4, 0.5) is 13.2 Å². The fraction of sp³-hybridized carbons (Fsp3) is 0.400. The highest BCUT2D eigenvalue weighted by Crippen LogP contribution is 2.38. The molecule has 0 bridgehead atoms. The van der Waals surface area contributed by atoms with Gasteiger partial charge in [0, 0.05) is 22.7 Å². The van der Waals surface area contributed by atoms with E-state index in [1.165, 1.54) is 6.07 Å². The predicted octanol–water partition coefficient (Wildman–Crippen LogP) is 7.15. The molecule has 0 fully saturated rings. The zero-order chi connectivity index (χ0) is 23.4. The first kappa shape index (κ1) is 23.0. The lowest BCUT2D eigenvalue weighted by atomic mass is 10.0. The lowest BCUT2D eigenvalue weighted by Gasteiger charge is -2.15. The second kappa shape index (κ2) is 9.77. The summed E-state index contributed by atoms with van der Waals surface area (Å²) in [5, 5.41) is 4.30. The Morgan fingerprint density at radius 2 is 1.76 bits per heavy atom. The third-order valence-corrected chi connectivity index (χ3v) is 5.76. The summed E-state index contributed by atoms with van der Waals surface area (Å²) in [5.74, 6) is 1.77. The quantitative estimate of drug-likeness (QED) is 0.273. The summed E-state index contributed by atoms with van der Waals surface area (Å²) in [6.07, 6.45) is 0.297. The molecule has 0 saturated carbocycles. The monoisotopic (exact) mass is 460 g/mol. The Labute approximate surface area is 189 Å². The van der Waals surface area contributed by atoms with E-state index < -0.39 is 11.9 Å². The lowest BCUT2D eigenvalue weighted by Crippen LogP contribution is -2.09. The van der Waals surface area contributed by atoms with Gasteiger partial charge in [0.1, 0.15) is 11.5 Å². The van der Waals surface area contributed by atoms with Crippen LogP contribution in [0.5, 0.6) is 11.5 Å². The normalized spacial score (nSPS) is 13.0. The van der Waals surface area contributed by atoms with Gasteiger partial charge in [-0.1, -0.05) is 31.5 Å². The lowest BCUT2D eigenvalue weighted by molar-refractivity contribution is -0.141. The zero-order valence-electron chi connectivity index (χ0n) is 18.7. The van der Waals surface area contributed by atoms with Crippen LogP contribution in [0.3, 0.4) is 0 Å². The smallest absolute Gasteiger partial charge is 0.437 e. The van der Waals surface area contributed by atoms with Crippen molar-refractivity contribution < 1.29 is 27.2 Å². The average Bonchev–Trinajstić information content (AvgIpc) is 3.42. The van der Waals surface area contributed by atoms with Crippen molar-refractivity contribution in [3.05, 3.63) is 53.9 Å². The maximum Gasteiger partial charge on any atom is 0.437 e. The number of hydrogen-bond donors (Lipinski definition) is 1. The summed E-state index contributed by atoms with van der Waals surface area (Å²) in [5.41, 5.74) is 0.837. The fourth-order valence-electron chi connectivity index (χ4n) is 3.93. The molecule has 0 aliphatic carbocycles. The first-order chi connectivity index (χ1) is 15.9. The Morgan fingerprint density at radius 3 is 2.48 bits per heavy atom. The van der Waals surface area contributed by atoms with E-state index in [-0.39, 0.29) is 11.0 Å². The summed E-state index contributed by atoms with van der Waals surface area (Å²) in [4.78, 5) is 3.17. The molecule has 1 N–H and O–H groups in total. The van der Waals surface area contributed by atoms with E-state index in [0.29, 0.717) is 36.9 Å². The van der Waals surface area contributed by atoms with E-state index in [1.54, 1.807) is 6.07 Å². The van der Waals surface area contributed by atoms with Gasteiger partial charge in [-0.3, -0.25) is 0 Å². The van der Waals surface area contributed by atoms with Gasteiger partial charge in [0.05, 0.1) is 18.6 Å².